The molecule has 23 heavy (non-hydrogen) atoms. The molecule has 0 aliphatic rings. The van der Waals surface area contributed by atoms with Gasteiger partial charge >= 0.3 is 0 Å². The van der Waals surface area contributed by atoms with Crippen LogP contribution >= 0.6 is 11.3 Å². The van der Waals surface area contributed by atoms with Gasteiger partial charge < -0.3 is 15.5 Å². The number of likely N-dealkylation sites (N-methyl/N-ethyl adjacent to an activating group) is 1. The van der Waals surface area contributed by atoms with Gasteiger partial charge in [0.25, 0.3) is 5.91 Å². The highest BCUT2D eigenvalue weighted by molar-refractivity contribution is 7.08. The Bertz CT molecular complexity index is 535. The van der Waals surface area contributed by atoms with Crippen molar-refractivity contribution in [3.05, 3.63) is 22.4 Å². The summed E-state index contributed by atoms with van der Waals surface area (Å²) < 4.78 is 0. The van der Waals surface area contributed by atoms with E-state index in [-0.39, 0.29) is 29.8 Å². The molecule has 0 bridgehead atoms. The maximum absolute atomic E-state index is 12.0. The average molecular weight is 339 g/mol. The molecule has 3 amide bonds. The van der Waals surface area contributed by atoms with Gasteiger partial charge in [0.1, 0.15) is 0 Å². The van der Waals surface area contributed by atoms with Gasteiger partial charge in [-0.2, -0.15) is 11.3 Å². The second-order valence-corrected chi connectivity index (χ2v) is 7.20. The van der Waals surface area contributed by atoms with Crippen molar-refractivity contribution in [3.8, 4) is 0 Å². The van der Waals surface area contributed by atoms with E-state index in [9.17, 15) is 14.4 Å². The van der Waals surface area contributed by atoms with E-state index in [1.807, 2.05) is 26.2 Å². The van der Waals surface area contributed by atoms with Crippen LogP contribution < -0.4 is 10.6 Å². The van der Waals surface area contributed by atoms with Crippen LogP contribution in [0.4, 0.5) is 0 Å². The van der Waals surface area contributed by atoms with Crippen LogP contribution in [0.2, 0.25) is 0 Å². The molecule has 1 heterocycles. The smallest absolute Gasteiger partial charge is 0.252 e. The zero-order valence-corrected chi connectivity index (χ0v) is 15.0. The van der Waals surface area contributed by atoms with E-state index in [4.69, 9.17) is 0 Å². The summed E-state index contributed by atoms with van der Waals surface area (Å²) in [6.07, 6.45) is 0.836. The number of hydrogen-bond donors (Lipinski definition) is 2. The first-order valence-corrected chi connectivity index (χ1v) is 8.48. The minimum absolute atomic E-state index is 0.0391. The lowest BCUT2D eigenvalue weighted by molar-refractivity contribution is -0.135. The Morgan fingerprint density at radius 1 is 1.26 bits per heavy atom. The Balaban J connectivity index is 2.22. The molecule has 6 nitrogen and oxygen atoms in total. The standard InChI is InChI=1S/C16H25N3O3S/c1-16(2,3)18-13(20)10-19(4)14(21)6-5-8-17-15(22)12-7-9-23-11-12/h7,9,11H,5-6,8,10H2,1-4H3,(H,17,22)(H,18,20). The Labute approximate surface area is 141 Å². The van der Waals surface area contributed by atoms with E-state index in [0.717, 1.165) is 0 Å². The number of thiophene rings is 1. The summed E-state index contributed by atoms with van der Waals surface area (Å²) in [5.41, 5.74) is 0.324. The van der Waals surface area contributed by atoms with Crippen molar-refractivity contribution >= 4 is 29.1 Å². The topological polar surface area (TPSA) is 78.5 Å². The molecule has 0 aliphatic carbocycles. The monoisotopic (exact) mass is 339 g/mol. The third-order valence-electron chi connectivity index (χ3n) is 2.96. The van der Waals surface area contributed by atoms with E-state index >= 15 is 0 Å². The minimum atomic E-state index is -0.313. The molecule has 0 radical (unpaired) electrons. The van der Waals surface area contributed by atoms with Gasteiger partial charge in [-0.15, -0.1) is 0 Å². The number of nitrogens with zero attached hydrogens (tertiary/aromatic N) is 1. The Kier molecular flexibility index (Phi) is 7.22. The molecule has 0 aromatic carbocycles. The van der Waals surface area contributed by atoms with Crippen LogP contribution in [0.3, 0.4) is 0 Å². The van der Waals surface area contributed by atoms with Gasteiger partial charge in [-0.1, -0.05) is 0 Å². The maximum Gasteiger partial charge on any atom is 0.252 e. The molecule has 0 saturated carbocycles. The highest BCUT2D eigenvalue weighted by atomic mass is 32.1. The van der Waals surface area contributed by atoms with E-state index in [1.165, 1.54) is 16.2 Å². The Morgan fingerprint density at radius 2 is 1.96 bits per heavy atom. The summed E-state index contributed by atoms with van der Waals surface area (Å²) in [4.78, 5) is 36.8. The SMILES string of the molecule is CN(CC(=O)NC(C)(C)C)C(=O)CCCNC(=O)c1ccsc1. The lowest BCUT2D eigenvalue weighted by Crippen LogP contribution is -2.46. The molecule has 0 fully saturated rings. The fraction of sp³-hybridized carbons (Fsp3) is 0.562. The molecule has 1 aromatic rings. The molecule has 0 atom stereocenters. The molecule has 0 unspecified atom stereocenters. The Morgan fingerprint density at radius 3 is 2.52 bits per heavy atom. The first kappa shape index (κ1) is 19.2. The molecule has 0 spiro atoms. The fourth-order valence-corrected chi connectivity index (χ4v) is 2.53. The van der Waals surface area contributed by atoms with Crippen molar-refractivity contribution in [2.75, 3.05) is 20.1 Å². The van der Waals surface area contributed by atoms with Gasteiger partial charge in [0.05, 0.1) is 6.54 Å². The average Bonchev–Trinajstić information content (AvgIpc) is 2.94. The molecular weight excluding hydrogens is 314 g/mol. The zero-order chi connectivity index (χ0) is 17.5. The molecule has 2 N–H and O–H groups in total. The molecule has 1 aromatic heterocycles. The van der Waals surface area contributed by atoms with Crippen molar-refractivity contribution in [3.63, 3.8) is 0 Å². The number of hydrogen-bond acceptors (Lipinski definition) is 4. The molecular formula is C16H25N3O3S. The molecule has 0 saturated heterocycles. The summed E-state index contributed by atoms with van der Waals surface area (Å²) in [6.45, 7) is 6.15. The maximum atomic E-state index is 12.0. The van der Waals surface area contributed by atoms with Crippen LogP contribution in [0, 0.1) is 0 Å². The van der Waals surface area contributed by atoms with Crippen molar-refractivity contribution in [2.24, 2.45) is 0 Å². The second kappa shape index (κ2) is 8.67. The first-order chi connectivity index (χ1) is 10.7. The van der Waals surface area contributed by atoms with Crippen LogP contribution in [0.15, 0.2) is 16.8 Å². The van der Waals surface area contributed by atoms with Gasteiger partial charge in [0.15, 0.2) is 0 Å². The normalized spacial score (nSPS) is 11.0. The fourth-order valence-electron chi connectivity index (χ4n) is 1.89. The summed E-state index contributed by atoms with van der Waals surface area (Å²) in [5, 5.41) is 9.21. The third-order valence-corrected chi connectivity index (χ3v) is 3.64. The summed E-state index contributed by atoms with van der Waals surface area (Å²) in [6, 6.07) is 1.76. The zero-order valence-electron chi connectivity index (χ0n) is 14.1. The van der Waals surface area contributed by atoms with Crippen LogP contribution in [-0.2, 0) is 9.59 Å². The van der Waals surface area contributed by atoms with Crippen LogP contribution in [0.5, 0.6) is 0 Å². The number of carbonyl (C=O) groups excluding carboxylic acids is 3. The van der Waals surface area contributed by atoms with Crippen molar-refractivity contribution < 1.29 is 14.4 Å². The minimum Gasteiger partial charge on any atom is -0.352 e. The first-order valence-electron chi connectivity index (χ1n) is 7.54. The lowest BCUT2D eigenvalue weighted by atomic mass is 10.1. The largest absolute Gasteiger partial charge is 0.352 e. The lowest BCUT2D eigenvalue weighted by Gasteiger charge is -2.23. The highest BCUT2D eigenvalue weighted by Gasteiger charge is 2.17. The van der Waals surface area contributed by atoms with Crippen LogP contribution in [0.25, 0.3) is 0 Å². The summed E-state index contributed by atoms with van der Waals surface area (Å²) in [5.74, 6) is -0.422. The predicted octanol–water partition coefficient (Wildman–Crippen LogP) is 1.63. The summed E-state index contributed by atoms with van der Waals surface area (Å²) >= 11 is 1.47. The van der Waals surface area contributed by atoms with E-state index in [0.29, 0.717) is 24.9 Å². The van der Waals surface area contributed by atoms with Crippen molar-refractivity contribution in [1.82, 2.24) is 15.5 Å². The van der Waals surface area contributed by atoms with Gasteiger partial charge in [-0.3, -0.25) is 14.4 Å². The number of carbonyl (C=O) groups is 3. The number of rotatable bonds is 7. The number of amides is 3. The van der Waals surface area contributed by atoms with Crippen LogP contribution in [-0.4, -0.2) is 48.3 Å². The molecule has 1 rings (SSSR count). The highest BCUT2D eigenvalue weighted by Crippen LogP contribution is 2.05. The number of nitrogens with one attached hydrogen (secondary N) is 2. The molecule has 7 heteroatoms. The van der Waals surface area contributed by atoms with Gasteiger partial charge in [0.2, 0.25) is 11.8 Å². The quantitative estimate of drug-likeness (QED) is 0.741. The second-order valence-electron chi connectivity index (χ2n) is 6.42. The van der Waals surface area contributed by atoms with Gasteiger partial charge in [-0.05, 0) is 38.6 Å². The van der Waals surface area contributed by atoms with Crippen molar-refractivity contribution in [1.29, 1.82) is 0 Å². The van der Waals surface area contributed by atoms with E-state index in [1.54, 1.807) is 18.5 Å². The van der Waals surface area contributed by atoms with E-state index < -0.39 is 0 Å². The molecule has 0 aliphatic heterocycles. The van der Waals surface area contributed by atoms with E-state index in [2.05, 4.69) is 10.6 Å². The summed E-state index contributed by atoms with van der Waals surface area (Å²) in [7, 11) is 1.61. The van der Waals surface area contributed by atoms with Crippen molar-refractivity contribution in [2.45, 2.75) is 39.2 Å². The third kappa shape index (κ3) is 7.78. The molecule has 128 valence electrons. The van der Waals surface area contributed by atoms with Crippen LogP contribution in [0.1, 0.15) is 44.0 Å². The predicted molar refractivity (Wildman–Crippen MR) is 91.4 cm³/mol. The Hall–Kier alpha value is -1.89. The van der Waals surface area contributed by atoms with Gasteiger partial charge in [-0.25, -0.2) is 0 Å². The van der Waals surface area contributed by atoms with Gasteiger partial charge in [0, 0.05) is 36.5 Å².